The van der Waals surface area contributed by atoms with E-state index in [2.05, 4.69) is 10.1 Å². The third kappa shape index (κ3) is 3.45. The van der Waals surface area contributed by atoms with E-state index in [0.29, 0.717) is 5.56 Å². The number of esters is 1. The van der Waals surface area contributed by atoms with Crippen LogP contribution in [0.3, 0.4) is 0 Å². The molecule has 0 fully saturated rings. The van der Waals surface area contributed by atoms with E-state index in [9.17, 15) is 14.4 Å². The van der Waals surface area contributed by atoms with Gasteiger partial charge in [0.2, 0.25) is 5.91 Å². The van der Waals surface area contributed by atoms with E-state index < -0.39 is 11.9 Å². The molecule has 6 nitrogen and oxygen atoms in total. The highest BCUT2D eigenvalue weighted by molar-refractivity contribution is 7.18. The van der Waals surface area contributed by atoms with Gasteiger partial charge in [0.15, 0.2) is 0 Å². The molecule has 0 bridgehead atoms. The van der Waals surface area contributed by atoms with Crippen molar-refractivity contribution in [1.29, 1.82) is 0 Å². The number of halogens is 1. The van der Waals surface area contributed by atoms with E-state index in [0.717, 1.165) is 11.3 Å². The second-order valence-electron chi connectivity index (χ2n) is 3.60. The molecule has 1 heterocycles. The van der Waals surface area contributed by atoms with E-state index in [4.69, 9.17) is 17.3 Å². The zero-order valence-electron chi connectivity index (χ0n) is 10.4. The number of nitrogens with two attached hydrogens (primary N) is 1. The Kier molecular flexibility index (Phi) is 5.31. The molecule has 0 spiro atoms. The fourth-order valence-corrected chi connectivity index (χ4v) is 2.78. The second kappa shape index (κ2) is 6.53. The van der Waals surface area contributed by atoms with Gasteiger partial charge in [-0.2, -0.15) is 0 Å². The summed E-state index contributed by atoms with van der Waals surface area (Å²) in [6, 6.07) is 0. The van der Waals surface area contributed by atoms with E-state index in [1.165, 1.54) is 7.11 Å². The van der Waals surface area contributed by atoms with Crippen LogP contribution in [-0.2, 0) is 9.53 Å². The molecule has 3 N–H and O–H groups in total. The standard InChI is InChI=1S/C11H13ClN2O4S/c1-5-7(9(13)16)10(14-6(15)3-4-12)19-8(5)11(17)18-2/h3-4H2,1-2H3,(H2,13,16)(H,14,15). The van der Waals surface area contributed by atoms with Gasteiger partial charge in [0.25, 0.3) is 5.91 Å². The van der Waals surface area contributed by atoms with Crippen molar-refractivity contribution < 1.29 is 19.1 Å². The molecule has 8 heteroatoms. The number of carbonyl (C=O) groups is 3. The molecular formula is C11H13ClN2O4S. The van der Waals surface area contributed by atoms with E-state index in [1.807, 2.05) is 0 Å². The zero-order chi connectivity index (χ0) is 14.6. The van der Waals surface area contributed by atoms with Crippen LogP contribution < -0.4 is 11.1 Å². The molecule has 0 saturated carbocycles. The maximum Gasteiger partial charge on any atom is 0.348 e. The number of nitrogens with one attached hydrogen (secondary N) is 1. The summed E-state index contributed by atoms with van der Waals surface area (Å²) >= 11 is 6.40. The van der Waals surface area contributed by atoms with Crippen molar-refractivity contribution in [3.8, 4) is 0 Å². The predicted octanol–water partition coefficient (Wildman–Crippen LogP) is 1.51. The summed E-state index contributed by atoms with van der Waals surface area (Å²) in [6.45, 7) is 1.57. The zero-order valence-corrected chi connectivity index (χ0v) is 12.0. The van der Waals surface area contributed by atoms with Gasteiger partial charge in [0.05, 0.1) is 12.7 Å². The summed E-state index contributed by atoms with van der Waals surface area (Å²) in [5.41, 5.74) is 5.77. The van der Waals surface area contributed by atoms with Gasteiger partial charge in [-0.05, 0) is 12.5 Å². The number of ether oxygens (including phenoxy) is 1. The minimum Gasteiger partial charge on any atom is -0.465 e. The fraction of sp³-hybridized carbons (Fsp3) is 0.364. The third-order valence-corrected chi connectivity index (χ3v) is 3.71. The number of methoxy groups -OCH3 is 1. The molecular weight excluding hydrogens is 292 g/mol. The van der Waals surface area contributed by atoms with Gasteiger partial charge >= 0.3 is 5.97 Å². The lowest BCUT2D eigenvalue weighted by atomic mass is 10.1. The van der Waals surface area contributed by atoms with Crippen molar-refractivity contribution in [1.82, 2.24) is 0 Å². The first kappa shape index (κ1) is 15.5. The molecule has 19 heavy (non-hydrogen) atoms. The average Bonchev–Trinajstić information content (AvgIpc) is 2.65. The molecule has 104 valence electrons. The first-order chi connectivity index (χ1) is 8.92. The molecule has 2 amide bonds. The van der Waals surface area contributed by atoms with Crippen molar-refractivity contribution in [2.24, 2.45) is 5.73 Å². The Labute approximate surface area is 118 Å². The van der Waals surface area contributed by atoms with Crippen LogP contribution in [0.15, 0.2) is 0 Å². The Morgan fingerprint density at radius 2 is 2.05 bits per heavy atom. The van der Waals surface area contributed by atoms with Crippen LogP contribution in [-0.4, -0.2) is 30.8 Å². The number of rotatable bonds is 5. The Bertz CT molecular complexity index is 527. The van der Waals surface area contributed by atoms with Crippen LogP contribution in [0.5, 0.6) is 0 Å². The van der Waals surface area contributed by atoms with Crippen LogP contribution >= 0.6 is 22.9 Å². The lowest BCUT2D eigenvalue weighted by Gasteiger charge is -2.03. The number of hydrogen-bond acceptors (Lipinski definition) is 5. The van der Waals surface area contributed by atoms with Gasteiger partial charge < -0.3 is 15.8 Å². The monoisotopic (exact) mass is 304 g/mol. The Hall–Kier alpha value is -1.60. The van der Waals surface area contributed by atoms with Gasteiger partial charge in [-0.3, -0.25) is 9.59 Å². The fourth-order valence-electron chi connectivity index (χ4n) is 1.46. The SMILES string of the molecule is COC(=O)c1sc(NC(=O)CCCl)c(C(N)=O)c1C. The number of alkyl halides is 1. The normalized spacial score (nSPS) is 10.1. The van der Waals surface area contributed by atoms with Crippen LogP contribution in [0, 0.1) is 6.92 Å². The van der Waals surface area contributed by atoms with Crippen LogP contribution in [0.2, 0.25) is 0 Å². The number of thiophene rings is 1. The second-order valence-corrected chi connectivity index (χ2v) is 5.00. The molecule has 0 atom stereocenters. The molecule has 0 radical (unpaired) electrons. The molecule has 0 aliphatic heterocycles. The van der Waals surface area contributed by atoms with Gasteiger partial charge in [0, 0.05) is 12.3 Å². The van der Waals surface area contributed by atoms with Crippen molar-refractivity contribution >= 4 is 45.7 Å². The lowest BCUT2D eigenvalue weighted by molar-refractivity contribution is -0.115. The number of primary amides is 1. The maximum absolute atomic E-state index is 11.5. The summed E-state index contributed by atoms with van der Waals surface area (Å²) in [6.07, 6.45) is 0.101. The molecule has 0 aromatic carbocycles. The summed E-state index contributed by atoms with van der Waals surface area (Å²) in [5.74, 6) is -1.49. The van der Waals surface area contributed by atoms with Crippen LogP contribution in [0.25, 0.3) is 0 Å². The Morgan fingerprint density at radius 3 is 2.53 bits per heavy atom. The summed E-state index contributed by atoms with van der Waals surface area (Å²) in [5, 5.41) is 2.76. The largest absolute Gasteiger partial charge is 0.465 e. The number of anilines is 1. The number of hydrogen-bond donors (Lipinski definition) is 2. The topological polar surface area (TPSA) is 98.5 Å². The van der Waals surface area contributed by atoms with Crippen molar-refractivity contribution in [2.75, 3.05) is 18.3 Å². The van der Waals surface area contributed by atoms with Crippen molar-refractivity contribution in [3.05, 3.63) is 16.0 Å². The van der Waals surface area contributed by atoms with Crippen LogP contribution in [0.1, 0.15) is 32.0 Å². The van der Waals surface area contributed by atoms with Gasteiger partial charge in [-0.25, -0.2) is 4.79 Å². The van der Waals surface area contributed by atoms with E-state index >= 15 is 0 Å². The highest BCUT2D eigenvalue weighted by Gasteiger charge is 2.24. The number of carbonyl (C=O) groups excluding carboxylic acids is 3. The summed E-state index contributed by atoms with van der Waals surface area (Å²) in [4.78, 5) is 34.7. The highest BCUT2D eigenvalue weighted by Crippen LogP contribution is 2.33. The molecule has 0 saturated heterocycles. The molecule has 1 aromatic heterocycles. The molecule has 0 aliphatic carbocycles. The third-order valence-electron chi connectivity index (χ3n) is 2.34. The van der Waals surface area contributed by atoms with Gasteiger partial charge in [-0.15, -0.1) is 22.9 Å². The minimum atomic E-state index is -0.718. The quantitative estimate of drug-likeness (QED) is 0.636. The summed E-state index contributed by atoms with van der Waals surface area (Å²) < 4.78 is 4.60. The Morgan fingerprint density at radius 1 is 1.42 bits per heavy atom. The van der Waals surface area contributed by atoms with Gasteiger partial charge in [-0.1, -0.05) is 0 Å². The molecule has 0 unspecified atom stereocenters. The van der Waals surface area contributed by atoms with E-state index in [1.54, 1.807) is 6.92 Å². The smallest absolute Gasteiger partial charge is 0.348 e. The first-order valence-electron chi connectivity index (χ1n) is 5.29. The van der Waals surface area contributed by atoms with Crippen molar-refractivity contribution in [3.63, 3.8) is 0 Å². The Balaban J connectivity index is 3.19. The summed E-state index contributed by atoms with van der Waals surface area (Å²) in [7, 11) is 1.23. The average molecular weight is 305 g/mol. The molecule has 1 rings (SSSR count). The van der Waals surface area contributed by atoms with Crippen LogP contribution in [0.4, 0.5) is 5.00 Å². The lowest BCUT2D eigenvalue weighted by Crippen LogP contribution is -2.17. The van der Waals surface area contributed by atoms with Gasteiger partial charge in [0.1, 0.15) is 9.88 Å². The molecule has 1 aromatic rings. The van der Waals surface area contributed by atoms with E-state index in [-0.39, 0.29) is 33.6 Å². The highest BCUT2D eigenvalue weighted by atomic mass is 35.5. The predicted molar refractivity (Wildman–Crippen MR) is 72.9 cm³/mol. The molecule has 0 aliphatic rings. The minimum absolute atomic E-state index is 0.101. The van der Waals surface area contributed by atoms with Crippen molar-refractivity contribution in [2.45, 2.75) is 13.3 Å². The first-order valence-corrected chi connectivity index (χ1v) is 6.64. The number of amides is 2. The maximum atomic E-state index is 11.5.